The summed E-state index contributed by atoms with van der Waals surface area (Å²) in [5.41, 5.74) is 10.1. The number of rotatable bonds is 2. The molecule has 1 aromatic heterocycles. The van der Waals surface area contributed by atoms with E-state index in [9.17, 15) is 9.59 Å². The average molecular weight is 195 g/mol. The number of primary amides is 2. The summed E-state index contributed by atoms with van der Waals surface area (Å²) in [7, 11) is 0. The molecule has 0 saturated heterocycles. The summed E-state index contributed by atoms with van der Waals surface area (Å²) in [5, 5.41) is 4.52. The van der Waals surface area contributed by atoms with Crippen LogP contribution in [0.2, 0.25) is 0 Å². The Morgan fingerprint density at radius 2 is 1.86 bits per heavy atom. The van der Waals surface area contributed by atoms with Crippen molar-refractivity contribution < 1.29 is 9.59 Å². The molecule has 0 aliphatic heterocycles. The predicted molar refractivity (Wildman–Crippen MR) is 50.6 cm³/mol. The monoisotopic (exact) mass is 195 g/mol. The summed E-state index contributed by atoms with van der Waals surface area (Å²) >= 11 is 0. The zero-order valence-corrected chi connectivity index (χ0v) is 7.15. The van der Waals surface area contributed by atoms with Gasteiger partial charge in [-0.15, -0.1) is 0 Å². The molecule has 0 saturated carbocycles. The number of nitrogens with zero attached hydrogens (tertiary/aromatic N) is 1. The number of carbonyl (C=O) groups excluding carboxylic acids is 2. The van der Waals surface area contributed by atoms with Gasteiger partial charge in [0, 0.05) is 6.20 Å². The Morgan fingerprint density at radius 1 is 1.21 bits per heavy atom. The molecule has 0 aliphatic carbocycles. The molecule has 0 bridgehead atoms. The first-order valence-electron chi connectivity index (χ1n) is 3.67. The fourth-order valence-electron chi connectivity index (χ4n) is 0.855. The van der Waals surface area contributed by atoms with Gasteiger partial charge >= 0.3 is 12.1 Å². The third-order valence-corrected chi connectivity index (χ3v) is 1.31. The molecule has 0 fully saturated rings. The zero-order chi connectivity index (χ0) is 10.6. The minimum absolute atomic E-state index is 0.152. The number of pyridine rings is 1. The number of hydrogen-bond donors (Lipinski definition) is 4. The Balaban J connectivity index is 2.90. The molecular weight excluding hydrogens is 186 g/mol. The first-order valence-corrected chi connectivity index (χ1v) is 3.67. The number of nitrogens with two attached hydrogens (primary N) is 2. The van der Waals surface area contributed by atoms with Crippen molar-refractivity contribution >= 4 is 23.6 Å². The Hall–Kier alpha value is -2.31. The summed E-state index contributed by atoms with van der Waals surface area (Å²) in [6.45, 7) is 0. The molecule has 0 spiro atoms. The molecule has 1 aromatic rings. The molecule has 4 amide bonds. The first kappa shape index (κ1) is 9.78. The Bertz CT molecular complexity index is 330. The number of carbonyl (C=O) groups is 2. The van der Waals surface area contributed by atoms with Crippen molar-refractivity contribution in [3.63, 3.8) is 0 Å². The van der Waals surface area contributed by atoms with Gasteiger partial charge in [-0.25, -0.2) is 14.6 Å². The Kier molecular flexibility index (Phi) is 2.85. The maximum absolute atomic E-state index is 10.5. The lowest BCUT2D eigenvalue weighted by Crippen LogP contribution is -2.24. The minimum Gasteiger partial charge on any atom is -0.351 e. The maximum atomic E-state index is 10.5. The largest absolute Gasteiger partial charge is 0.351 e. The van der Waals surface area contributed by atoms with Crippen molar-refractivity contribution in [1.29, 1.82) is 0 Å². The highest BCUT2D eigenvalue weighted by molar-refractivity contribution is 5.95. The molecular formula is C7H9N5O2. The third-order valence-electron chi connectivity index (χ3n) is 1.31. The Morgan fingerprint density at radius 3 is 2.43 bits per heavy atom. The second-order valence-corrected chi connectivity index (χ2v) is 2.38. The van der Waals surface area contributed by atoms with Crippen molar-refractivity contribution in [2.75, 3.05) is 10.6 Å². The number of urea groups is 2. The summed E-state index contributed by atoms with van der Waals surface area (Å²) < 4.78 is 0. The lowest BCUT2D eigenvalue weighted by molar-refractivity contribution is 0.258. The van der Waals surface area contributed by atoms with Gasteiger partial charge in [-0.2, -0.15) is 0 Å². The van der Waals surface area contributed by atoms with E-state index in [1.165, 1.54) is 12.3 Å². The van der Waals surface area contributed by atoms with E-state index < -0.39 is 12.1 Å². The molecule has 14 heavy (non-hydrogen) atoms. The van der Waals surface area contributed by atoms with Gasteiger partial charge in [0.2, 0.25) is 0 Å². The average Bonchev–Trinajstić information content (AvgIpc) is 2.06. The van der Waals surface area contributed by atoms with E-state index in [0.29, 0.717) is 5.69 Å². The SMILES string of the molecule is NC(=O)Nc1cccnc1NC(N)=O. The van der Waals surface area contributed by atoms with Gasteiger partial charge in [-0.05, 0) is 12.1 Å². The summed E-state index contributed by atoms with van der Waals surface area (Å²) in [4.78, 5) is 24.9. The second kappa shape index (κ2) is 4.08. The fraction of sp³-hybridized carbons (Fsp3) is 0. The van der Waals surface area contributed by atoms with Crippen LogP contribution in [0.15, 0.2) is 18.3 Å². The van der Waals surface area contributed by atoms with E-state index in [4.69, 9.17) is 11.5 Å². The highest BCUT2D eigenvalue weighted by atomic mass is 16.2. The standard InChI is InChI=1S/C7H9N5O2/c8-6(13)11-4-2-1-3-10-5(4)12-7(9)14/h1-3H,(H3,8,11,13)(H3,9,10,12,14). The van der Waals surface area contributed by atoms with Crippen LogP contribution in [-0.2, 0) is 0 Å². The van der Waals surface area contributed by atoms with Crippen LogP contribution in [0.5, 0.6) is 0 Å². The molecule has 7 heteroatoms. The molecule has 1 rings (SSSR count). The summed E-state index contributed by atoms with van der Waals surface area (Å²) in [6.07, 6.45) is 1.44. The zero-order valence-electron chi connectivity index (χ0n) is 7.15. The minimum atomic E-state index is -0.767. The molecule has 0 unspecified atom stereocenters. The van der Waals surface area contributed by atoms with Gasteiger partial charge in [0.15, 0.2) is 5.82 Å². The van der Waals surface area contributed by atoms with Crippen LogP contribution >= 0.6 is 0 Å². The molecule has 1 heterocycles. The lowest BCUT2D eigenvalue weighted by Gasteiger charge is -2.07. The van der Waals surface area contributed by atoms with Crippen LogP contribution in [0.3, 0.4) is 0 Å². The van der Waals surface area contributed by atoms with Crippen molar-refractivity contribution in [2.45, 2.75) is 0 Å². The van der Waals surface area contributed by atoms with Crippen LogP contribution in [0.4, 0.5) is 21.1 Å². The molecule has 7 nitrogen and oxygen atoms in total. The van der Waals surface area contributed by atoms with Crippen LogP contribution < -0.4 is 22.1 Å². The van der Waals surface area contributed by atoms with Crippen LogP contribution in [0.25, 0.3) is 0 Å². The first-order chi connectivity index (χ1) is 6.59. The highest BCUT2D eigenvalue weighted by Gasteiger charge is 2.05. The van der Waals surface area contributed by atoms with Gasteiger partial charge in [-0.3, -0.25) is 5.32 Å². The quantitative estimate of drug-likeness (QED) is 0.533. The fourth-order valence-corrected chi connectivity index (χ4v) is 0.855. The number of amides is 4. The van der Waals surface area contributed by atoms with Gasteiger partial charge in [0.05, 0.1) is 5.69 Å². The summed E-state index contributed by atoms with van der Waals surface area (Å²) in [6, 6.07) is 1.60. The van der Waals surface area contributed by atoms with E-state index in [1.54, 1.807) is 6.07 Å². The molecule has 0 radical (unpaired) electrons. The van der Waals surface area contributed by atoms with E-state index in [0.717, 1.165) is 0 Å². The molecule has 0 aromatic carbocycles. The van der Waals surface area contributed by atoms with Gasteiger partial charge < -0.3 is 16.8 Å². The molecule has 0 atom stereocenters. The maximum Gasteiger partial charge on any atom is 0.317 e. The van der Waals surface area contributed by atoms with Gasteiger partial charge in [0.1, 0.15) is 0 Å². The van der Waals surface area contributed by atoms with E-state index in [2.05, 4.69) is 15.6 Å². The summed E-state index contributed by atoms with van der Waals surface area (Å²) in [5.74, 6) is 0.152. The van der Waals surface area contributed by atoms with Gasteiger partial charge in [0.25, 0.3) is 0 Å². The third kappa shape index (κ3) is 2.63. The Labute approximate surface area is 79.5 Å². The lowest BCUT2D eigenvalue weighted by atomic mass is 10.4. The number of anilines is 2. The van der Waals surface area contributed by atoms with Crippen LogP contribution in [0.1, 0.15) is 0 Å². The van der Waals surface area contributed by atoms with Crippen molar-refractivity contribution in [2.24, 2.45) is 11.5 Å². The van der Waals surface area contributed by atoms with Gasteiger partial charge in [-0.1, -0.05) is 0 Å². The van der Waals surface area contributed by atoms with E-state index >= 15 is 0 Å². The predicted octanol–water partition coefficient (Wildman–Crippen LogP) is 0.0628. The normalized spacial score (nSPS) is 9.14. The number of hydrogen-bond acceptors (Lipinski definition) is 3. The molecule has 0 aliphatic rings. The smallest absolute Gasteiger partial charge is 0.317 e. The van der Waals surface area contributed by atoms with E-state index in [-0.39, 0.29) is 5.82 Å². The molecule has 6 N–H and O–H groups in total. The molecule has 74 valence electrons. The number of nitrogens with one attached hydrogen (secondary N) is 2. The second-order valence-electron chi connectivity index (χ2n) is 2.38. The highest BCUT2D eigenvalue weighted by Crippen LogP contribution is 2.16. The van der Waals surface area contributed by atoms with Crippen molar-refractivity contribution in [3.8, 4) is 0 Å². The van der Waals surface area contributed by atoms with Crippen LogP contribution in [-0.4, -0.2) is 17.0 Å². The van der Waals surface area contributed by atoms with Crippen LogP contribution in [0, 0.1) is 0 Å². The van der Waals surface area contributed by atoms with Crippen molar-refractivity contribution in [3.05, 3.63) is 18.3 Å². The van der Waals surface area contributed by atoms with E-state index in [1.807, 2.05) is 0 Å². The van der Waals surface area contributed by atoms with Crippen molar-refractivity contribution in [1.82, 2.24) is 4.98 Å². The number of aromatic nitrogens is 1. The topological polar surface area (TPSA) is 123 Å².